The second kappa shape index (κ2) is 13.2. The predicted molar refractivity (Wildman–Crippen MR) is 126 cm³/mol. The zero-order valence-electron chi connectivity index (χ0n) is 19.7. The van der Waals surface area contributed by atoms with Crippen LogP contribution in [0.15, 0.2) is 30.3 Å². The lowest BCUT2D eigenvalue weighted by atomic mass is 9.80. The summed E-state index contributed by atoms with van der Waals surface area (Å²) in [6.45, 7) is 0. The minimum Gasteiger partial charge on any atom is -0.481 e. The molecule has 0 heterocycles. The summed E-state index contributed by atoms with van der Waals surface area (Å²) >= 11 is 0. The maximum absolute atomic E-state index is 11.2. The Labute approximate surface area is 204 Å². The maximum atomic E-state index is 11.2. The second-order valence-electron chi connectivity index (χ2n) is 9.79. The van der Waals surface area contributed by atoms with Crippen molar-refractivity contribution in [3.05, 3.63) is 35.9 Å². The van der Waals surface area contributed by atoms with E-state index in [1.54, 1.807) is 0 Å². The second-order valence-corrected chi connectivity index (χ2v) is 9.79. The Kier molecular flexibility index (Phi) is 10.7. The van der Waals surface area contributed by atoms with E-state index in [9.17, 15) is 24.3 Å². The fraction of sp³-hybridized carbons (Fsp3) is 0.600. The van der Waals surface area contributed by atoms with Crippen molar-refractivity contribution < 1.29 is 39.6 Å². The fourth-order valence-electron chi connectivity index (χ4n) is 5.31. The van der Waals surface area contributed by atoms with E-state index in [0.717, 1.165) is 17.9 Å². The third-order valence-corrected chi connectivity index (χ3v) is 7.21. The number of nitrogens with two attached hydrogens (primary N) is 2. The molecule has 0 spiro atoms. The molecular weight excluding hydrogens is 456 g/mol. The summed E-state index contributed by atoms with van der Waals surface area (Å²) in [6, 6.07) is 6.87. The molecule has 0 aliphatic heterocycles. The third-order valence-electron chi connectivity index (χ3n) is 7.21. The Morgan fingerprint density at radius 2 is 1.31 bits per heavy atom. The lowest BCUT2D eigenvalue weighted by Gasteiger charge is -2.25. The summed E-state index contributed by atoms with van der Waals surface area (Å²) < 4.78 is 0. The van der Waals surface area contributed by atoms with E-state index in [-0.39, 0.29) is 19.3 Å². The first-order chi connectivity index (χ1) is 16.5. The first-order valence-electron chi connectivity index (χ1n) is 11.9. The molecule has 2 fully saturated rings. The predicted octanol–water partition coefficient (Wildman–Crippen LogP) is 2.05. The van der Waals surface area contributed by atoms with Crippen molar-refractivity contribution >= 4 is 23.9 Å². The molecule has 0 amide bonds. The van der Waals surface area contributed by atoms with Crippen LogP contribution in [0.1, 0.15) is 50.5 Å². The number of aliphatic carboxylic acids is 4. The van der Waals surface area contributed by atoms with Gasteiger partial charge in [-0.2, -0.15) is 0 Å². The molecule has 194 valence electrons. The van der Waals surface area contributed by atoms with Crippen LogP contribution in [0.3, 0.4) is 0 Å². The molecule has 35 heavy (non-hydrogen) atoms. The van der Waals surface area contributed by atoms with Crippen LogP contribution >= 0.6 is 0 Å². The molecule has 7 atom stereocenters. The normalized spacial score (nSPS) is 23.9. The van der Waals surface area contributed by atoms with Crippen molar-refractivity contribution in [1.82, 2.24) is 0 Å². The van der Waals surface area contributed by atoms with E-state index >= 15 is 0 Å². The highest BCUT2D eigenvalue weighted by molar-refractivity contribution is 5.76. The Balaban J connectivity index is 0.000000247. The summed E-state index contributed by atoms with van der Waals surface area (Å²) in [5.74, 6) is -3.70. The van der Waals surface area contributed by atoms with E-state index < -0.39 is 47.8 Å². The number of hydrogen-bond donors (Lipinski definition) is 6. The highest BCUT2D eigenvalue weighted by Gasteiger charge is 2.41. The van der Waals surface area contributed by atoms with Crippen LogP contribution in [0.5, 0.6) is 0 Å². The minimum absolute atomic E-state index is 0.0402. The molecule has 2 saturated carbocycles. The molecule has 0 saturated heterocycles. The summed E-state index contributed by atoms with van der Waals surface area (Å²) in [7, 11) is 0. The molecule has 10 heteroatoms. The number of carboxylic acid groups (broad SMARTS) is 4. The van der Waals surface area contributed by atoms with Crippen molar-refractivity contribution in [2.45, 2.75) is 63.5 Å². The Hall–Kier alpha value is -2.98. The van der Waals surface area contributed by atoms with Crippen LogP contribution < -0.4 is 11.5 Å². The molecular formula is C25H36N2O8. The molecule has 10 nitrogen and oxygen atoms in total. The molecule has 8 N–H and O–H groups in total. The Morgan fingerprint density at radius 3 is 1.74 bits per heavy atom. The number of fused-ring (bicyclic) bond motifs is 2. The van der Waals surface area contributed by atoms with Gasteiger partial charge in [-0.25, -0.2) is 0 Å². The number of carbonyl (C=O) groups is 4. The van der Waals surface area contributed by atoms with Gasteiger partial charge < -0.3 is 31.9 Å². The van der Waals surface area contributed by atoms with Crippen LogP contribution in [0.4, 0.5) is 0 Å². The lowest BCUT2D eigenvalue weighted by molar-refractivity contribution is -0.145. The van der Waals surface area contributed by atoms with Gasteiger partial charge in [0.15, 0.2) is 0 Å². The molecule has 3 rings (SSSR count). The van der Waals surface area contributed by atoms with Crippen molar-refractivity contribution in [3.63, 3.8) is 0 Å². The summed E-state index contributed by atoms with van der Waals surface area (Å²) in [6.07, 6.45) is 5.71. The smallest absolute Gasteiger partial charge is 0.320 e. The first-order valence-corrected chi connectivity index (χ1v) is 11.9. The zero-order chi connectivity index (χ0) is 26.1. The molecule has 0 radical (unpaired) electrons. The average Bonchev–Trinajstić information content (AvgIpc) is 3.42. The van der Waals surface area contributed by atoms with Crippen LogP contribution in [0.25, 0.3) is 0 Å². The molecule has 1 aromatic rings. The van der Waals surface area contributed by atoms with Crippen molar-refractivity contribution in [1.29, 1.82) is 0 Å². The van der Waals surface area contributed by atoms with Gasteiger partial charge in [0.2, 0.25) is 0 Å². The highest BCUT2D eigenvalue weighted by atomic mass is 16.4. The summed E-state index contributed by atoms with van der Waals surface area (Å²) in [5.41, 5.74) is 11.6. The van der Waals surface area contributed by atoms with Gasteiger partial charge in [-0.1, -0.05) is 36.8 Å². The van der Waals surface area contributed by atoms with E-state index in [2.05, 4.69) is 0 Å². The summed E-state index contributed by atoms with van der Waals surface area (Å²) in [5, 5.41) is 35.6. The van der Waals surface area contributed by atoms with Crippen LogP contribution in [-0.4, -0.2) is 56.4 Å². The van der Waals surface area contributed by atoms with Crippen LogP contribution in [0.2, 0.25) is 0 Å². The average molecular weight is 493 g/mol. The van der Waals surface area contributed by atoms with Crippen molar-refractivity contribution in [2.24, 2.45) is 41.1 Å². The van der Waals surface area contributed by atoms with E-state index in [4.69, 9.17) is 26.8 Å². The SMILES string of the molecule is N[C@@H](CC(CC1CC2CCC1C2)C(=O)O)C(=O)O.N[C@@H](CC(Cc1ccccc1)C(=O)O)C(=O)O. The van der Waals surface area contributed by atoms with Gasteiger partial charge >= 0.3 is 23.9 Å². The Morgan fingerprint density at radius 1 is 0.771 bits per heavy atom. The minimum atomic E-state index is -1.18. The van der Waals surface area contributed by atoms with Gasteiger partial charge in [0.25, 0.3) is 0 Å². The van der Waals surface area contributed by atoms with Crippen LogP contribution in [0, 0.1) is 29.6 Å². The Bertz CT molecular complexity index is 877. The molecule has 2 bridgehead atoms. The van der Waals surface area contributed by atoms with Gasteiger partial charge in [0, 0.05) is 0 Å². The van der Waals surface area contributed by atoms with E-state index in [1.165, 1.54) is 19.3 Å². The van der Waals surface area contributed by atoms with E-state index in [1.807, 2.05) is 30.3 Å². The largest absolute Gasteiger partial charge is 0.481 e. The molecule has 2 aliphatic rings. The molecule has 0 aromatic heterocycles. The standard InChI is InChI=1S/C13H21NO4.C12H15NO4/c14-11(13(17)18)6-10(12(15)16)5-9-4-7-1-2-8(9)3-7;13-10(12(16)17)7-9(11(14)15)6-8-4-2-1-3-5-8/h7-11H,1-6,14H2,(H,15,16)(H,17,18);1-5,9-10H,6-7,13H2,(H,14,15)(H,16,17)/t7?,8?,9?,10?,11-;9?,10-/m00/s1. The van der Waals surface area contributed by atoms with Gasteiger partial charge in [-0.15, -0.1) is 0 Å². The van der Waals surface area contributed by atoms with Gasteiger partial charge in [0.05, 0.1) is 11.8 Å². The van der Waals surface area contributed by atoms with Gasteiger partial charge in [-0.05, 0) is 68.3 Å². The number of benzene rings is 1. The van der Waals surface area contributed by atoms with E-state index in [0.29, 0.717) is 18.3 Å². The molecule has 5 unspecified atom stereocenters. The number of hydrogen-bond acceptors (Lipinski definition) is 6. The van der Waals surface area contributed by atoms with Gasteiger partial charge in [-0.3, -0.25) is 19.2 Å². The molecule has 2 aliphatic carbocycles. The number of carboxylic acids is 4. The molecule has 1 aromatic carbocycles. The van der Waals surface area contributed by atoms with Gasteiger partial charge in [0.1, 0.15) is 12.1 Å². The highest BCUT2D eigenvalue weighted by Crippen LogP contribution is 2.50. The quantitative estimate of drug-likeness (QED) is 0.251. The van der Waals surface area contributed by atoms with Crippen molar-refractivity contribution in [2.75, 3.05) is 0 Å². The topological polar surface area (TPSA) is 201 Å². The summed E-state index contributed by atoms with van der Waals surface area (Å²) in [4.78, 5) is 43.5. The van der Waals surface area contributed by atoms with Crippen molar-refractivity contribution in [3.8, 4) is 0 Å². The monoisotopic (exact) mass is 492 g/mol. The maximum Gasteiger partial charge on any atom is 0.320 e. The third kappa shape index (κ3) is 8.95. The van der Waals surface area contributed by atoms with Crippen LogP contribution in [-0.2, 0) is 25.6 Å². The number of rotatable bonds is 12. The first kappa shape index (κ1) is 28.3. The fourth-order valence-corrected chi connectivity index (χ4v) is 5.31. The zero-order valence-corrected chi connectivity index (χ0v) is 19.7. The lowest BCUT2D eigenvalue weighted by Crippen LogP contribution is -2.35.